The third kappa shape index (κ3) is 2.02. The third-order valence-electron chi connectivity index (χ3n) is 2.60. The average Bonchev–Trinajstić information content (AvgIpc) is 2.88. The van der Waals surface area contributed by atoms with E-state index in [4.69, 9.17) is 11.0 Å². The van der Waals surface area contributed by atoms with Crippen molar-refractivity contribution in [3.8, 4) is 6.07 Å². The minimum absolute atomic E-state index is 0.160. The Morgan fingerprint density at radius 1 is 1.21 bits per heavy atom. The first-order chi connectivity index (χ1) is 9.26. The van der Waals surface area contributed by atoms with Gasteiger partial charge in [0.15, 0.2) is 5.65 Å². The largest absolute Gasteiger partial charge is 0.368 e. The maximum atomic E-state index is 8.75. The molecule has 0 aliphatic carbocycles. The number of hydrogen-bond donors (Lipinski definition) is 3. The van der Waals surface area contributed by atoms with E-state index in [9.17, 15) is 0 Å². The van der Waals surface area contributed by atoms with E-state index in [0.29, 0.717) is 17.0 Å². The lowest BCUT2D eigenvalue weighted by Crippen LogP contribution is -2.00. The monoisotopic (exact) mass is 251 g/mol. The lowest BCUT2D eigenvalue weighted by atomic mass is 10.2. The van der Waals surface area contributed by atoms with Gasteiger partial charge in [-0.25, -0.2) is 0 Å². The zero-order chi connectivity index (χ0) is 13.2. The van der Waals surface area contributed by atoms with E-state index in [1.165, 1.54) is 0 Å². The van der Waals surface area contributed by atoms with Crippen molar-refractivity contribution in [2.45, 2.75) is 0 Å². The van der Waals surface area contributed by atoms with Crippen molar-refractivity contribution in [2.75, 3.05) is 11.1 Å². The molecule has 0 atom stereocenters. The normalized spacial score (nSPS) is 10.3. The zero-order valence-electron chi connectivity index (χ0n) is 9.75. The summed E-state index contributed by atoms with van der Waals surface area (Å²) in [4.78, 5) is 8.17. The number of nitrogens with zero attached hydrogens (tertiary/aromatic N) is 4. The summed E-state index contributed by atoms with van der Waals surface area (Å²) in [6.07, 6.45) is 1.63. The van der Waals surface area contributed by atoms with Crippen LogP contribution >= 0.6 is 0 Å². The molecule has 19 heavy (non-hydrogen) atoms. The van der Waals surface area contributed by atoms with Gasteiger partial charge in [0.2, 0.25) is 5.95 Å². The molecule has 3 aromatic rings. The topological polar surface area (TPSA) is 116 Å². The zero-order valence-corrected chi connectivity index (χ0v) is 9.75. The van der Waals surface area contributed by atoms with Crippen LogP contribution in [-0.4, -0.2) is 20.2 Å². The Labute approximate surface area is 108 Å². The van der Waals surface area contributed by atoms with Crippen LogP contribution in [-0.2, 0) is 0 Å². The summed E-state index contributed by atoms with van der Waals surface area (Å²) < 4.78 is 0. The molecule has 0 saturated heterocycles. The number of fused-ring (bicyclic) bond motifs is 1. The summed E-state index contributed by atoms with van der Waals surface area (Å²) in [5.74, 6) is 0.730. The molecule has 3 rings (SSSR count). The molecular formula is C12H9N7. The highest BCUT2D eigenvalue weighted by Crippen LogP contribution is 2.23. The lowest BCUT2D eigenvalue weighted by Gasteiger charge is -2.06. The Bertz CT molecular complexity index is 767. The number of H-pyrrole nitrogens is 1. The van der Waals surface area contributed by atoms with Crippen LogP contribution in [0, 0.1) is 11.3 Å². The predicted octanol–water partition coefficient (Wildman–Crippen LogP) is 1.55. The highest BCUT2D eigenvalue weighted by molar-refractivity contribution is 5.88. The maximum absolute atomic E-state index is 8.75. The molecule has 0 bridgehead atoms. The van der Waals surface area contributed by atoms with Crippen molar-refractivity contribution in [2.24, 2.45) is 0 Å². The highest BCUT2D eigenvalue weighted by atomic mass is 15.2. The smallest absolute Gasteiger partial charge is 0.224 e. The van der Waals surface area contributed by atoms with Crippen LogP contribution in [0.4, 0.5) is 17.5 Å². The van der Waals surface area contributed by atoms with E-state index in [1.807, 2.05) is 0 Å². The summed E-state index contributed by atoms with van der Waals surface area (Å²) >= 11 is 0. The number of nitriles is 1. The molecule has 0 saturated carbocycles. The standard InChI is InChI=1S/C12H9N7/c13-5-7-1-3-8(4-2-7)16-10-9-6-15-19-11(9)18-12(14)17-10/h1-4,6H,(H4,14,15,16,17,18,19). The van der Waals surface area contributed by atoms with E-state index in [-0.39, 0.29) is 5.95 Å². The Morgan fingerprint density at radius 2 is 2.00 bits per heavy atom. The quantitative estimate of drug-likeness (QED) is 0.636. The molecule has 0 aliphatic rings. The summed E-state index contributed by atoms with van der Waals surface area (Å²) in [5.41, 5.74) is 7.61. The second kappa shape index (κ2) is 4.27. The van der Waals surface area contributed by atoms with Crippen molar-refractivity contribution in [3.05, 3.63) is 36.0 Å². The van der Waals surface area contributed by atoms with Crippen molar-refractivity contribution in [1.82, 2.24) is 20.2 Å². The molecule has 0 spiro atoms. The molecule has 7 nitrogen and oxygen atoms in total. The highest BCUT2D eigenvalue weighted by Gasteiger charge is 2.08. The fraction of sp³-hybridized carbons (Fsp3) is 0. The van der Waals surface area contributed by atoms with E-state index >= 15 is 0 Å². The van der Waals surface area contributed by atoms with Gasteiger partial charge in [-0.3, -0.25) is 5.10 Å². The van der Waals surface area contributed by atoms with E-state index < -0.39 is 0 Å². The van der Waals surface area contributed by atoms with Crippen molar-refractivity contribution < 1.29 is 0 Å². The first kappa shape index (κ1) is 11.0. The van der Waals surface area contributed by atoms with Gasteiger partial charge in [0, 0.05) is 5.69 Å². The van der Waals surface area contributed by atoms with Crippen LogP contribution in [0.3, 0.4) is 0 Å². The molecule has 92 valence electrons. The average molecular weight is 251 g/mol. The molecular weight excluding hydrogens is 242 g/mol. The number of nitrogens with one attached hydrogen (secondary N) is 2. The second-order valence-corrected chi connectivity index (χ2v) is 3.88. The van der Waals surface area contributed by atoms with Crippen LogP contribution in [0.25, 0.3) is 11.0 Å². The van der Waals surface area contributed by atoms with Gasteiger partial charge in [0.25, 0.3) is 0 Å². The maximum Gasteiger partial charge on any atom is 0.224 e. The van der Waals surface area contributed by atoms with Crippen molar-refractivity contribution in [1.29, 1.82) is 5.26 Å². The van der Waals surface area contributed by atoms with Crippen molar-refractivity contribution >= 4 is 28.5 Å². The minimum Gasteiger partial charge on any atom is -0.368 e. The van der Waals surface area contributed by atoms with Gasteiger partial charge in [-0.15, -0.1) is 0 Å². The Balaban J connectivity index is 2.00. The summed E-state index contributed by atoms with van der Waals surface area (Å²) in [5, 5.41) is 19.3. The summed E-state index contributed by atoms with van der Waals surface area (Å²) in [6, 6.07) is 9.10. The molecule has 0 amide bonds. The third-order valence-corrected chi connectivity index (χ3v) is 2.60. The number of nitrogens with two attached hydrogens (primary N) is 1. The van der Waals surface area contributed by atoms with Crippen LogP contribution < -0.4 is 11.1 Å². The van der Waals surface area contributed by atoms with Gasteiger partial charge < -0.3 is 11.1 Å². The van der Waals surface area contributed by atoms with Gasteiger partial charge in [-0.2, -0.15) is 20.3 Å². The first-order valence-electron chi connectivity index (χ1n) is 5.50. The molecule has 0 aliphatic heterocycles. The molecule has 2 heterocycles. The fourth-order valence-electron chi connectivity index (χ4n) is 1.71. The molecule has 4 N–H and O–H groups in total. The van der Waals surface area contributed by atoms with E-state index in [1.54, 1.807) is 30.5 Å². The Hall–Kier alpha value is -3.14. The number of aromatic nitrogens is 4. The fourth-order valence-corrected chi connectivity index (χ4v) is 1.71. The number of benzene rings is 1. The van der Waals surface area contributed by atoms with E-state index in [0.717, 1.165) is 11.1 Å². The summed E-state index contributed by atoms with van der Waals surface area (Å²) in [7, 11) is 0. The number of anilines is 3. The Kier molecular flexibility index (Phi) is 2.47. The van der Waals surface area contributed by atoms with E-state index in [2.05, 4.69) is 31.6 Å². The van der Waals surface area contributed by atoms with Crippen LogP contribution in [0.5, 0.6) is 0 Å². The van der Waals surface area contributed by atoms with Gasteiger partial charge in [0.05, 0.1) is 23.2 Å². The first-order valence-corrected chi connectivity index (χ1v) is 5.50. The van der Waals surface area contributed by atoms with Gasteiger partial charge in [-0.1, -0.05) is 0 Å². The minimum atomic E-state index is 0.160. The molecule has 0 radical (unpaired) electrons. The van der Waals surface area contributed by atoms with Gasteiger partial charge >= 0.3 is 0 Å². The molecule has 0 unspecified atom stereocenters. The number of nitrogen functional groups attached to an aromatic ring is 1. The number of aromatic amines is 1. The van der Waals surface area contributed by atoms with Crippen LogP contribution in [0.1, 0.15) is 5.56 Å². The number of hydrogen-bond acceptors (Lipinski definition) is 6. The van der Waals surface area contributed by atoms with Gasteiger partial charge in [-0.05, 0) is 24.3 Å². The van der Waals surface area contributed by atoms with Crippen molar-refractivity contribution in [3.63, 3.8) is 0 Å². The number of rotatable bonds is 2. The molecule has 0 fully saturated rings. The molecule has 7 heteroatoms. The van der Waals surface area contributed by atoms with Gasteiger partial charge in [0.1, 0.15) is 5.82 Å². The lowest BCUT2D eigenvalue weighted by molar-refractivity contribution is 1.09. The Morgan fingerprint density at radius 3 is 2.74 bits per heavy atom. The predicted molar refractivity (Wildman–Crippen MR) is 70.5 cm³/mol. The molecule has 1 aromatic carbocycles. The summed E-state index contributed by atoms with van der Waals surface area (Å²) in [6.45, 7) is 0. The molecule has 2 aromatic heterocycles. The second-order valence-electron chi connectivity index (χ2n) is 3.88. The van der Waals surface area contributed by atoms with Crippen LogP contribution in [0.15, 0.2) is 30.5 Å². The SMILES string of the molecule is N#Cc1ccc(Nc2nc(N)nc3[nH]ncc23)cc1. The van der Waals surface area contributed by atoms with Crippen LogP contribution in [0.2, 0.25) is 0 Å².